The van der Waals surface area contributed by atoms with Gasteiger partial charge >= 0.3 is 0 Å². The number of benzene rings is 1. The fraction of sp³-hybridized carbons (Fsp3) is 0.588. The van der Waals surface area contributed by atoms with Crippen molar-refractivity contribution in [2.24, 2.45) is 0 Å². The molecule has 108 valence electrons. The number of ether oxygens (including phenoxy) is 1. The Morgan fingerprint density at radius 2 is 1.50 bits per heavy atom. The van der Waals surface area contributed by atoms with Crippen LogP contribution in [-0.4, -0.2) is 31.2 Å². The lowest BCUT2D eigenvalue weighted by Crippen LogP contribution is -2.48. The number of rotatable bonds is 2. The molecule has 1 aliphatic rings. The van der Waals surface area contributed by atoms with Crippen LogP contribution in [0.4, 0.5) is 0 Å². The highest BCUT2D eigenvalue weighted by atomic mass is 16.5. The van der Waals surface area contributed by atoms with E-state index in [1.807, 2.05) is 6.92 Å². The molecular formula is C17H24N2O. The Labute approximate surface area is 122 Å². The van der Waals surface area contributed by atoms with Crippen molar-refractivity contribution in [1.82, 2.24) is 4.90 Å². The van der Waals surface area contributed by atoms with Crippen LogP contribution in [0.2, 0.25) is 0 Å². The second kappa shape index (κ2) is 5.55. The summed E-state index contributed by atoms with van der Waals surface area (Å²) < 4.78 is 5.39. The lowest BCUT2D eigenvalue weighted by atomic mass is 9.84. The maximum Gasteiger partial charge on any atom is 0.132 e. The predicted molar refractivity (Wildman–Crippen MR) is 80.5 cm³/mol. The third-order valence-electron chi connectivity index (χ3n) is 4.17. The van der Waals surface area contributed by atoms with Gasteiger partial charge in [-0.1, -0.05) is 45.0 Å². The van der Waals surface area contributed by atoms with E-state index in [-0.39, 0.29) is 5.41 Å². The molecule has 2 rings (SSSR count). The molecule has 0 bridgehead atoms. The van der Waals surface area contributed by atoms with E-state index in [4.69, 9.17) is 4.74 Å². The number of hydrogen-bond donors (Lipinski definition) is 0. The van der Waals surface area contributed by atoms with Crippen molar-refractivity contribution in [2.75, 3.05) is 26.3 Å². The molecule has 1 heterocycles. The molecule has 1 atom stereocenters. The number of hydrogen-bond acceptors (Lipinski definition) is 3. The van der Waals surface area contributed by atoms with Gasteiger partial charge in [-0.15, -0.1) is 0 Å². The summed E-state index contributed by atoms with van der Waals surface area (Å²) in [5, 5.41) is 9.69. The molecule has 1 saturated heterocycles. The molecule has 1 aromatic carbocycles. The maximum absolute atomic E-state index is 9.69. The van der Waals surface area contributed by atoms with E-state index in [1.54, 1.807) is 0 Å². The van der Waals surface area contributed by atoms with Gasteiger partial charge in [0.25, 0.3) is 0 Å². The van der Waals surface area contributed by atoms with E-state index in [9.17, 15) is 5.26 Å². The fourth-order valence-corrected chi connectivity index (χ4v) is 2.62. The van der Waals surface area contributed by atoms with Crippen LogP contribution in [0, 0.1) is 11.3 Å². The summed E-state index contributed by atoms with van der Waals surface area (Å²) in [6.45, 7) is 11.6. The van der Waals surface area contributed by atoms with Gasteiger partial charge in [0.2, 0.25) is 0 Å². The average molecular weight is 272 g/mol. The monoisotopic (exact) mass is 272 g/mol. The van der Waals surface area contributed by atoms with Crippen molar-refractivity contribution in [3.8, 4) is 6.07 Å². The minimum absolute atomic E-state index is 0.139. The van der Waals surface area contributed by atoms with Gasteiger partial charge in [0.1, 0.15) is 5.54 Å². The normalized spacial score (nSPS) is 20.1. The Morgan fingerprint density at radius 3 is 1.95 bits per heavy atom. The van der Waals surface area contributed by atoms with Crippen molar-refractivity contribution in [3.05, 3.63) is 35.4 Å². The molecule has 1 aromatic rings. The first-order valence-corrected chi connectivity index (χ1v) is 7.23. The zero-order valence-electron chi connectivity index (χ0n) is 12.9. The van der Waals surface area contributed by atoms with Gasteiger partial charge in [-0.2, -0.15) is 5.26 Å². The number of morpholine rings is 1. The quantitative estimate of drug-likeness (QED) is 0.830. The van der Waals surface area contributed by atoms with E-state index in [1.165, 1.54) is 5.56 Å². The van der Waals surface area contributed by atoms with E-state index < -0.39 is 5.54 Å². The standard InChI is InChI=1S/C17H24N2O/c1-16(2,3)14-5-7-15(8-6-14)17(4,13-18)19-9-11-20-12-10-19/h5-8H,9-12H2,1-4H3. The summed E-state index contributed by atoms with van der Waals surface area (Å²) in [7, 11) is 0. The van der Waals surface area contributed by atoms with Crippen LogP contribution in [0.5, 0.6) is 0 Å². The molecule has 0 spiro atoms. The van der Waals surface area contributed by atoms with Gasteiger partial charge in [0.15, 0.2) is 0 Å². The molecule has 1 fully saturated rings. The molecule has 1 unspecified atom stereocenters. The zero-order valence-corrected chi connectivity index (χ0v) is 12.9. The van der Waals surface area contributed by atoms with Crippen molar-refractivity contribution in [2.45, 2.75) is 38.6 Å². The van der Waals surface area contributed by atoms with Crippen LogP contribution < -0.4 is 0 Å². The predicted octanol–water partition coefficient (Wildman–Crippen LogP) is 3.06. The Bertz CT molecular complexity index is 489. The summed E-state index contributed by atoms with van der Waals surface area (Å²) in [5.74, 6) is 0. The first kappa shape index (κ1) is 15.0. The minimum atomic E-state index is -0.569. The SMILES string of the molecule is CC(C)(C)c1ccc(C(C)(C#N)N2CCOCC2)cc1. The van der Waals surface area contributed by atoms with Crippen molar-refractivity contribution >= 4 is 0 Å². The maximum atomic E-state index is 9.69. The van der Waals surface area contributed by atoms with E-state index in [0.29, 0.717) is 13.2 Å². The fourth-order valence-electron chi connectivity index (χ4n) is 2.62. The Kier molecular flexibility index (Phi) is 4.17. The van der Waals surface area contributed by atoms with Crippen LogP contribution >= 0.6 is 0 Å². The van der Waals surface area contributed by atoms with Crippen LogP contribution in [0.15, 0.2) is 24.3 Å². The van der Waals surface area contributed by atoms with Crippen LogP contribution in [0.25, 0.3) is 0 Å². The molecule has 3 nitrogen and oxygen atoms in total. The van der Waals surface area contributed by atoms with E-state index in [0.717, 1.165) is 18.7 Å². The second-order valence-corrected chi connectivity index (χ2v) is 6.61. The zero-order chi connectivity index (χ0) is 14.8. The molecule has 0 amide bonds. The van der Waals surface area contributed by atoms with E-state index >= 15 is 0 Å². The highest BCUT2D eigenvalue weighted by molar-refractivity contribution is 5.35. The first-order chi connectivity index (χ1) is 9.38. The van der Waals surface area contributed by atoms with Crippen LogP contribution in [-0.2, 0) is 15.7 Å². The van der Waals surface area contributed by atoms with E-state index in [2.05, 4.69) is 56.0 Å². The molecule has 3 heteroatoms. The molecule has 0 N–H and O–H groups in total. The lowest BCUT2D eigenvalue weighted by molar-refractivity contribution is 0.000433. The Hall–Kier alpha value is -1.37. The Morgan fingerprint density at radius 1 is 1.00 bits per heavy atom. The smallest absolute Gasteiger partial charge is 0.132 e. The third kappa shape index (κ3) is 2.87. The van der Waals surface area contributed by atoms with Crippen molar-refractivity contribution < 1.29 is 4.74 Å². The molecule has 1 aliphatic heterocycles. The van der Waals surface area contributed by atoms with Gasteiger partial charge < -0.3 is 4.74 Å². The molecule has 20 heavy (non-hydrogen) atoms. The van der Waals surface area contributed by atoms with Gasteiger partial charge in [-0.25, -0.2) is 0 Å². The minimum Gasteiger partial charge on any atom is -0.379 e. The highest BCUT2D eigenvalue weighted by Crippen LogP contribution is 2.30. The number of nitriles is 1. The Balaban J connectivity index is 2.29. The largest absolute Gasteiger partial charge is 0.379 e. The first-order valence-electron chi connectivity index (χ1n) is 7.23. The third-order valence-corrected chi connectivity index (χ3v) is 4.17. The summed E-state index contributed by atoms with van der Waals surface area (Å²) in [5.41, 5.74) is 1.93. The lowest BCUT2D eigenvalue weighted by Gasteiger charge is -2.38. The molecule has 0 saturated carbocycles. The average Bonchev–Trinajstić information content (AvgIpc) is 2.46. The molecule has 0 aliphatic carbocycles. The van der Waals surface area contributed by atoms with Gasteiger partial charge in [-0.3, -0.25) is 4.90 Å². The molecule has 0 aromatic heterocycles. The topological polar surface area (TPSA) is 36.3 Å². The summed E-state index contributed by atoms with van der Waals surface area (Å²) in [6, 6.07) is 11.0. The molecule has 0 radical (unpaired) electrons. The van der Waals surface area contributed by atoms with Gasteiger partial charge in [-0.05, 0) is 23.5 Å². The summed E-state index contributed by atoms with van der Waals surface area (Å²) in [6.07, 6.45) is 0. The van der Waals surface area contributed by atoms with Crippen molar-refractivity contribution in [3.63, 3.8) is 0 Å². The number of nitrogens with zero attached hydrogens (tertiary/aromatic N) is 2. The van der Waals surface area contributed by atoms with Crippen LogP contribution in [0.1, 0.15) is 38.8 Å². The van der Waals surface area contributed by atoms with Gasteiger partial charge in [0.05, 0.1) is 19.3 Å². The summed E-state index contributed by atoms with van der Waals surface area (Å²) >= 11 is 0. The molecular weight excluding hydrogens is 248 g/mol. The highest BCUT2D eigenvalue weighted by Gasteiger charge is 2.35. The van der Waals surface area contributed by atoms with Crippen LogP contribution in [0.3, 0.4) is 0 Å². The van der Waals surface area contributed by atoms with Gasteiger partial charge in [0, 0.05) is 13.1 Å². The summed E-state index contributed by atoms with van der Waals surface area (Å²) in [4.78, 5) is 2.21. The van der Waals surface area contributed by atoms with Crippen molar-refractivity contribution in [1.29, 1.82) is 5.26 Å². The second-order valence-electron chi connectivity index (χ2n) is 6.61.